The highest BCUT2D eigenvalue weighted by Gasteiger charge is 2.21. The Morgan fingerprint density at radius 3 is 2.36 bits per heavy atom. The van der Waals surface area contributed by atoms with E-state index in [1.54, 1.807) is 0 Å². The van der Waals surface area contributed by atoms with Gasteiger partial charge in [0.25, 0.3) is 0 Å². The van der Waals surface area contributed by atoms with Gasteiger partial charge < -0.3 is 5.73 Å². The molecule has 0 amide bonds. The van der Waals surface area contributed by atoms with Crippen LogP contribution >= 0.6 is 11.6 Å². The summed E-state index contributed by atoms with van der Waals surface area (Å²) in [6.45, 7) is 1.46. The van der Waals surface area contributed by atoms with Gasteiger partial charge in [-0.15, -0.1) is 0 Å². The molecule has 0 aromatic carbocycles. The average molecular weight is 237 g/mol. The van der Waals surface area contributed by atoms with E-state index >= 15 is 0 Å². The van der Waals surface area contributed by atoms with E-state index < -0.39 is 15.1 Å². The molecule has 0 saturated heterocycles. The first kappa shape index (κ1) is 11.1. The molecule has 8 heteroatoms. The van der Waals surface area contributed by atoms with Crippen LogP contribution in [0.5, 0.6) is 0 Å². The Bertz CT molecular complexity index is 427. The van der Waals surface area contributed by atoms with E-state index in [0.717, 1.165) is 6.26 Å². The van der Waals surface area contributed by atoms with Crippen LogP contribution in [0.1, 0.15) is 18.0 Å². The second-order valence-electron chi connectivity index (χ2n) is 2.79. The van der Waals surface area contributed by atoms with Gasteiger partial charge in [-0.3, -0.25) is 0 Å². The maximum Gasteiger partial charge on any atom is 0.227 e. The summed E-state index contributed by atoms with van der Waals surface area (Å²) in [4.78, 5) is 10.9. The Hall–Kier alpha value is -0.950. The number of nitrogens with two attached hydrogens (primary N) is 1. The van der Waals surface area contributed by atoms with Crippen molar-refractivity contribution >= 4 is 27.4 Å². The van der Waals surface area contributed by atoms with Crippen molar-refractivity contribution in [2.24, 2.45) is 0 Å². The first-order valence-electron chi connectivity index (χ1n) is 3.66. The lowest BCUT2D eigenvalue weighted by Crippen LogP contribution is -2.13. The van der Waals surface area contributed by atoms with Crippen LogP contribution in [0, 0.1) is 0 Å². The van der Waals surface area contributed by atoms with E-state index in [2.05, 4.69) is 15.0 Å². The predicted molar refractivity (Wildman–Crippen MR) is 52.5 cm³/mol. The van der Waals surface area contributed by atoms with E-state index in [-0.39, 0.29) is 17.1 Å². The van der Waals surface area contributed by atoms with E-state index in [1.165, 1.54) is 6.92 Å². The number of rotatable bonds is 2. The third-order valence-electron chi connectivity index (χ3n) is 1.65. The molecule has 0 spiro atoms. The summed E-state index contributed by atoms with van der Waals surface area (Å²) in [5.41, 5.74) is 5.30. The van der Waals surface area contributed by atoms with Gasteiger partial charge >= 0.3 is 0 Å². The molecule has 0 aliphatic carbocycles. The highest BCUT2D eigenvalue weighted by Crippen LogP contribution is 2.18. The molecule has 1 aromatic rings. The molecule has 0 radical (unpaired) electrons. The molecule has 78 valence electrons. The van der Waals surface area contributed by atoms with Crippen LogP contribution in [0.25, 0.3) is 0 Å². The first-order valence-corrected chi connectivity index (χ1v) is 6.00. The van der Waals surface area contributed by atoms with E-state index in [4.69, 9.17) is 17.3 Å². The predicted octanol–water partition coefficient (Wildman–Crippen LogP) is 0.213. The fourth-order valence-electron chi connectivity index (χ4n) is 0.755. The van der Waals surface area contributed by atoms with Crippen molar-refractivity contribution in [2.75, 3.05) is 12.0 Å². The standard InChI is InChI=1S/C6H9ClN4O2S/c1-3(14(2,12)13)4-9-5(7)11-6(8)10-4/h3H,1-2H3,(H2,8,9,10,11). The fraction of sp³-hybridized carbons (Fsp3) is 0.500. The summed E-state index contributed by atoms with van der Waals surface area (Å²) in [6.07, 6.45) is 1.09. The number of nitrogen functional groups attached to an aromatic ring is 1. The number of hydrogen-bond acceptors (Lipinski definition) is 6. The van der Waals surface area contributed by atoms with Crippen molar-refractivity contribution in [2.45, 2.75) is 12.2 Å². The number of nitrogens with zero attached hydrogens (tertiary/aromatic N) is 3. The quantitative estimate of drug-likeness (QED) is 0.788. The zero-order valence-corrected chi connectivity index (χ0v) is 9.17. The summed E-state index contributed by atoms with van der Waals surface area (Å²) in [6, 6.07) is 0. The lowest BCUT2D eigenvalue weighted by Gasteiger charge is -2.07. The Morgan fingerprint density at radius 1 is 1.36 bits per heavy atom. The number of anilines is 1. The van der Waals surface area contributed by atoms with E-state index in [1.807, 2.05) is 0 Å². The summed E-state index contributed by atoms with van der Waals surface area (Å²) < 4.78 is 22.3. The van der Waals surface area contributed by atoms with Gasteiger partial charge in [-0.2, -0.15) is 9.97 Å². The van der Waals surface area contributed by atoms with Gasteiger partial charge in [0.05, 0.1) is 0 Å². The van der Waals surface area contributed by atoms with Crippen molar-refractivity contribution in [1.29, 1.82) is 0 Å². The monoisotopic (exact) mass is 236 g/mol. The summed E-state index contributed by atoms with van der Waals surface area (Å²) in [5, 5.41) is -0.951. The minimum Gasteiger partial charge on any atom is -0.368 e. The van der Waals surface area contributed by atoms with Crippen molar-refractivity contribution in [3.8, 4) is 0 Å². The molecular weight excluding hydrogens is 228 g/mol. The molecule has 6 nitrogen and oxygen atoms in total. The smallest absolute Gasteiger partial charge is 0.227 e. The third kappa shape index (κ3) is 2.52. The van der Waals surface area contributed by atoms with Crippen molar-refractivity contribution in [3.05, 3.63) is 11.1 Å². The summed E-state index contributed by atoms with van der Waals surface area (Å²) in [7, 11) is -3.26. The Kier molecular flexibility index (Phi) is 2.91. The fourth-order valence-corrected chi connectivity index (χ4v) is 1.42. The highest BCUT2D eigenvalue weighted by atomic mass is 35.5. The summed E-state index contributed by atoms with van der Waals surface area (Å²) in [5.74, 6) is -0.0273. The summed E-state index contributed by atoms with van der Waals surface area (Å²) >= 11 is 5.51. The lowest BCUT2D eigenvalue weighted by molar-refractivity contribution is 0.589. The normalized spacial score (nSPS) is 13.9. The van der Waals surface area contributed by atoms with Crippen LogP contribution in [0.3, 0.4) is 0 Å². The number of hydrogen-bond donors (Lipinski definition) is 1. The maximum atomic E-state index is 11.2. The molecular formula is C6H9ClN4O2S. The molecule has 0 fully saturated rings. The second kappa shape index (κ2) is 3.66. The van der Waals surface area contributed by atoms with Crippen molar-refractivity contribution in [3.63, 3.8) is 0 Å². The maximum absolute atomic E-state index is 11.2. The molecule has 1 rings (SSSR count). The van der Waals surface area contributed by atoms with Crippen molar-refractivity contribution < 1.29 is 8.42 Å². The third-order valence-corrected chi connectivity index (χ3v) is 3.31. The molecule has 1 heterocycles. The minimum atomic E-state index is -3.26. The average Bonchev–Trinajstić information content (AvgIpc) is 1.99. The second-order valence-corrected chi connectivity index (χ2v) is 5.50. The van der Waals surface area contributed by atoms with Crippen LogP contribution in [0.15, 0.2) is 0 Å². The molecule has 14 heavy (non-hydrogen) atoms. The molecule has 2 N–H and O–H groups in total. The lowest BCUT2D eigenvalue weighted by atomic mass is 10.4. The van der Waals surface area contributed by atoms with Crippen LogP contribution in [-0.2, 0) is 9.84 Å². The Balaban J connectivity index is 3.20. The largest absolute Gasteiger partial charge is 0.368 e. The number of halogens is 1. The molecule has 0 saturated carbocycles. The van der Waals surface area contributed by atoms with E-state index in [0.29, 0.717) is 0 Å². The van der Waals surface area contributed by atoms with E-state index in [9.17, 15) is 8.42 Å². The zero-order valence-electron chi connectivity index (χ0n) is 7.60. The van der Waals surface area contributed by atoms with Crippen molar-refractivity contribution in [1.82, 2.24) is 15.0 Å². The highest BCUT2D eigenvalue weighted by molar-refractivity contribution is 7.90. The van der Waals surface area contributed by atoms with Crippen LogP contribution in [0.2, 0.25) is 5.28 Å². The first-order chi connectivity index (χ1) is 6.30. The molecule has 0 aliphatic rings. The molecule has 1 aromatic heterocycles. The Morgan fingerprint density at radius 2 is 1.93 bits per heavy atom. The van der Waals surface area contributed by atoms with Gasteiger partial charge in [0.2, 0.25) is 11.2 Å². The van der Waals surface area contributed by atoms with Gasteiger partial charge in [0.15, 0.2) is 15.7 Å². The number of aromatic nitrogens is 3. The minimum absolute atomic E-state index is 0.0602. The van der Waals surface area contributed by atoms with Crippen LogP contribution in [0.4, 0.5) is 5.95 Å². The van der Waals surface area contributed by atoms with Crippen LogP contribution < -0.4 is 5.73 Å². The Labute approximate surface area is 86.5 Å². The zero-order chi connectivity index (χ0) is 10.9. The van der Waals surface area contributed by atoms with Gasteiger partial charge in [-0.1, -0.05) is 0 Å². The molecule has 1 unspecified atom stereocenters. The van der Waals surface area contributed by atoms with Gasteiger partial charge in [-0.05, 0) is 18.5 Å². The number of sulfone groups is 1. The SMILES string of the molecule is CC(c1nc(N)nc(Cl)n1)S(C)(=O)=O. The van der Waals surface area contributed by atoms with Gasteiger partial charge in [0.1, 0.15) is 5.25 Å². The molecule has 1 atom stereocenters. The van der Waals surface area contributed by atoms with Gasteiger partial charge in [-0.25, -0.2) is 13.4 Å². The topological polar surface area (TPSA) is 98.8 Å². The molecule has 0 bridgehead atoms. The molecule has 0 aliphatic heterocycles. The van der Waals surface area contributed by atoms with Gasteiger partial charge in [0, 0.05) is 6.26 Å². The van der Waals surface area contributed by atoms with Crippen LogP contribution in [-0.4, -0.2) is 29.6 Å².